The molecule has 9 heavy (non-hydrogen) atoms. The first kappa shape index (κ1) is 6.02. The third-order valence-electron chi connectivity index (χ3n) is 1.22. The van der Waals surface area contributed by atoms with Crippen LogP contribution < -0.4 is 0 Å². The number of hydrogen-bond donors (Lipinski definition) is 0. The van der Waals surface area contributed by atoms with E-state index in [-0.39, 0.29) is 5.78 Å². The Morgan fingerprint density at radius 3 is 2.56 bits per heavy atom. The number of rotatable bonds is 0. The molecule has 0 spiro atoms. The molecule has 0 aromatic rings. The Balaban J connectivity index is 2.95. The Labute approximate surface area is 54.4 Å². The van der Waals surface area contributed by atoms with Crippen molar-refractivity contribution in [2.75, 3.05) is 0 Å². The van der Waals surface area contributed by atoms with Gasteiger partial charge in [-0.1, -0.05) is 18.2 Å². The van der Waals surface area contributed by atoms with Crippen LogP contribution in [0.2, 0.25) is 0 Å². The van der Waals surface area contributed by atoms with Crippen LogP contribution in [0.3, 0.4) is 0 Å². The van der Waals surface area contributed by atoms with E-state index in [0.717, 1.165) is 5.57 Å². The second-order valence-electron chi connectivity index (χ2n) is 2.11. The minimum Gasteiger partial charge on any atom is -0.289 e. The van der Waals surface area contributed by atoms with Crippen LogP contribution in [-0.2, 0) is 4.79 Å². The van der Waals surface area contributed by atoms with Gasteiger partial charge in [-0.15, -0.1) is 0 Å². The molecule has 0 aromatic heterocycles. The van der Waals surface area contributed by atoms with Gasteiger partial charge in [0.05, 0.1) is 0 Å². The summed E-state index contributed by atoms with van der Waals surface area (Å²) in [5.74, 6) is 0.0144. The van der Waals surface area contributed by atoms with Crippen molar-refractivity contribution in [3.63, 3.8) is 0 Å². The predicted octanol–water partition coefficient (Wildman–Crippen LogP) is 1.63. The highest BCUT2D eigenvalue weighted by atomic mass is 16.1. The summed E-state index contributed by atoms with van der Waals surface area (Å²) in [4.78, 5) is 10.7. The summed E-state index contributed by atoms with van der Waals surface area (Å²) in [5.41, 5.74) is 1.66. The zero-order valence-corrected chi connectivity index (χ0v) is 5.35. The van der Waals surface area contributed by atoms with Gasteiger partial charge in [0.2, 0.25) is 0 Å². The maximum absolute atomic E-state index is 10.7. The van der Waals surface area contributed by atoms with Gasteiger partial charge in [-0.3, -0.25) is 4.79 Å². The molecule has 1 aliphatic carbocycles. The fraction of sp³-hybridized carbons (Fsp3) is 0.125. The van der Waals surface area contributed by atoms with Crippen molar-refractivity contribution < 1.29 is 4.79 Å². The summed E-state index contributed by atoms with van der Waals surface area (Å²) in [7, 11) is 0. The van der Waals surface area contributed by atoms with Crippen LogP contribution >= 0.6 is 0 Å². The Morgan fingerprint density at radius 1 is 1.44 bits per heavy atom. The molecule has 0 aliphatic heterocycles. The number of ketones is 1. The maximum Gasteiger partial charge on any atom is 0.185 e. The zero-order valence-electron chi connectivity index (χ0n) is 5.35. The van der Waals surface area contributed by atoms with Gasteiger partial charge >= 0.3 is 0 Å². The summed E-state index contributed by atoms with van der Waals surface area (Å²) in [6.07, 6.45) is 5.11. The maximum atomic E-state index is 10.7. The molecule has 0 atom stereocenters. The van der Waals surface area contributed by atoms with Crippen LogP contribution in [0.1, 0.15) is 6.92 Å². The van der Waals surface area contributed by atoms with Crippen molar-refractivity contribution in [3.8, 4) is 0 Å². The SMILES string of the molecule is C=C1C=C(C)C=CC1=O. The Hall–Kier alpha value is -1.11. The van der Waals surface area contributed by atoms with E-state index in [1.54, 1.807) is 12.2 Å². The molecule has 0 bridgehead atoms. The summed E-state index contributed by atoms with van der Waals surface area (Å²) in [6, 6.07) is 0. The number of carbonyl (C=O) groups is 1. The van der Waals surface area contributed by atoms with Crippen molar-refractivity contribution >= 4 is 5.78 Å². The molecule has 1 rings (SSSR count). The first-order chi connectivity index (χ1) is 4.20. The van der Waals surface area contributed by atoms with Gasteiger partial charge in [0.25, 0.3) is 0 Å². The summed E-state index contributed by atoms with van der Waals surface area (Å²) < 4.78 is 0. The quantitative estimate of drug-likeness (QED) is 0.444. The van der Waals surface area contributed by atoms with E-state index >= 15 is 0 Å². The second-order valence-corrected chi connectivity index (χ2v) is 2.11. The fourth-order valence-electron chi connectivity index (χ4n) is 0.708. The van der Waals surface area contributed by atoms with Crippen molar-refractivity contribution in [1.29, 1.82) is 0 Å². The smallest absolute Gasteiger partial charge is 0.185 e. The summed E-state index contributed by atoms with van der Waals surface area (Å²) in [6.45, 7) is 5.51. The molecule has 0 unspecified atom stereocenters. The van der Waals surface area contributed by atoms with E-state index in [1.165, 1.54) is 6.08 Å². The normalized spacial score (nSPS) is 18.1. The van der Waals surface area contributed by atoms with E-state index < -0.39 is 0 Å². The third kappa shape index (κ3) is 1.17. The molecule has 0 saturated carbocycles. The Kier molecular flexibility index (Phi) is 1.35. The first-order valence-electron chi connectivity index (χ1n) is 2.80. The van der Waals surface area contributed by atoms with Crippen LogP contribution in [0.5, 0.6) is 0 Å². The molecule has 0 radical (unpaired) electrons. The standard InChI is InChI=1S/C8H8O/c1-6-3-4-8(9)7(2)5-6/h3-5H,2H2,1H3. The van der Waals surface area contributed by atoms with Gasteiger partial charge in [-0.2, -0.15) is 0 Å². The summed E-state index contributed by atoms with van der Waals surface area (Å²) in [5, 5.41) is 0. The van der Waals surface area contributed by atoms with Gasteiger partial charge in [0.1, 0.15) is 0 Å². The van der Waals surface area contributed by atoms with E-state index in [9.17, 15) is 4.79 Å². The monoisotopic (exact) mass is 120 g/mol. The highest BCUT2D eigenvalue weighted by molar-refractivity contribution is 6.07. The van der Waals surface area contributed by atoms with Crippen molar-refractivity contribution in [1.82, 2.24) is 0 Å². The van der Waals surface area contributed by atoms with E-state index in [2.05, 4.69) is 6.58 Å². The van der Waals surface area contributed by atoms with Crippen LogP contribution in [0.25, 0.3) is 0 Å². The molecule has 46 valence electrons. The third-order valence-corrected chi connectivity index (χ3v) is 1.22. The number of carbonyl (C=O) groups excluding carboxylic acids is 1. The molecule has 1 heteroatoms. The molecule has 0 fully saturated rings. The van der Waals surface area contributed by atoms with Gasteiger partial charge in [-0.05, 0) is 19.1 Å². The highest BCUT2D eigenvalue weighted by Crippen LogP contribution is 2.09. The van der Waals surface area contributed by atoms with Crippen LogP contribution in [0.4, 0.5) is 0 Å². The first-order valence-corrected chi connectivity index (χ1v) is 2.80. The number of allylic oxidation sites excluding steroid dienone is 5. The van der Waals surface area contributed by atoms with Crippen LogP contribution in [0, 0.1) is 0 Å². The highest BCUT2D eigenvalue weighted by Gasteiger charge is 2.03. The zero-order chi connectivity index (χ0) is 6.85. The molecule has 1 nitrogen and oxygen atoms in total. The van der Waals surface area contributed by atoms with Gasteiger partial charge in [0.15, 0.2) is 5.78 Å². The molecule has 0 amide bonds. The lowest BCUT2D eigenvalue weighted by Crippen LogP contribution is -1.98. The van der Waals surface area contributed by atoms with Crippen molar-refractivity contribution in [2.45, 2.75) is 6.92 Å². The molecule has 0 heterocycles. The molecule has 0 aromatic carbocycles. The molecular weight excluding hydrogens is 112 g/mol. The molecule has 0 saturated heterocycles. The average molecular weight is 120 g/mol. The Bertz CT molecular complexity index is 219. The number of hydrogen-bond acceptors (Lipinski definition) is 1. The minimum absolute atomic E-state index is 0.0144. The Morgan fingerprint density at radius 2 is 2.11 bits per heavy atom. The fourth-order valence-corrected chi connectivity index (χ4v) is 0.708. The van der Waals surface area contributed by atoms with Crippen LogP contribution in [0.15, 0.2) is 36.0 Å². The lowest BCUT2D eigenvalue weighted by molar-refractivity contribution is -0.111. The van der Waals surface area contributed by atoms with Crippen LogP contribution in [-0.4, -0.2) is 5.78 Å². The van der Waals surface area contributed by atoms with E-state index in [1.807, 2.05) is 6.92 Å². The topological polar surface area (TPSA) is 17.1 Å². The predicted molar refractivity (Wildman–Crippen MR) is 37.0 cm³/mol. The molecule has 0 N–H and O–H groups in total. The van der Waals surface area contributed by atoms with E-state index in [4.69, 9.17) is 0 Å². The lowest BCUT2D eigenvalue weighted by Gasteiger charge is -2.00. The van der Waals surface area contributed by atoms with Gasteiger partial charge < -0.3 is 0 Å². The lowest BCUT2D eigenvalue weighted by atomic mass is 10.0. The minimum atomic E-state index is 0.0144. The molecular formula is C8H8O. The van der Waals surface area contributed by atoms with Crippen molar-refractivity contribution in [3.05, 3.63) is 36.0 Å². The largest absolute Gasteiger partial charge is 0.289 e. The van der Waals surface area contributed by atoms with Gasteiger partial charge in [0, 0.05) is 5.57 Å². The van der Waals surface area contributed by atoms with E-state index in [0.29, 0.717) is 5.57 Å². The molecule has 1 aliphatic rings. The van der Waals surface area contributed by atoms with Gasteiger partial charge in [-0.25, -0.2) is 0 Å². The second kappa shape index (κ2) is 2.02. The average Bonchev–Trinajstić information content (AvgIpc) is 1.80. The van der Waals surface area contributed by atoms with Crippen molar-refractivity contribution in [2.24, 2.45) is 0 Å². The summed E-state index contributed by atoms with van der Waals surface area (Å²) >= 11 is 0.